The van der Waals surface area contributed by atoms with Crippen molar-refractivity contribution in [1.29, 1.82) is 0 Å². The first-order valence-corrected chi connectivity index (χ1v) is 11.9. The van der Waals surface area contributed by atoms with Crippen molar-refractivity contribution >= 4 is 39.7 Å². The number of rotatable bonds is 5. The maximum absolute atomic E-state index is 13.3. The van der Waals surface area contributed by atoms with Crippen LogP contribution < -0.4 is 4.90 Å². The van der Waals surface area contributed by atoms with E-state index in [2.05, 4.69) is 4.98 Å². The molecule has 1 aliphatic heterocycles. The minimum absolute atomic E-state index is 0.0141. The largest absolute Gasteiger partial charge is 0.507 e. The zero-order chi connectivity index (χ0) is 24.7. The van der Waals surface area contributed by atoms with Crippen LogP contribution in [-0.4, -0.2) is 27.6 Å². The molecule has 1 fully saturated rings. The Morgan fingerprint density at radius 1 is 1.09 bits per heavy atom. The fraction of sp³-hybridized carbons (Fsp3) is 0.259. The predicted octanol–water partition coefficient (Wildman–Crippen LogP) is 5.46. The smallest absolute Gasteiger partial charge is 0.301 e. The number of nitrogens with zero attached hydrogens (tertiary/aromatic N) is 2. The van der Waals surface area contributed by atoms with Gasteiger partial charge < -0.3 is 5.11 Å². The van der Waals surface area contributed by atoms with Crippen LogP contribution in [0.2, 0.25) is 0 Å². The predicted molar refractivity (Wildman–Crippen MR) is 133 cm³/mol. The third kappa shape index (κ3) is 3.96. The Labute approximate surface area is 202 Å². The molecule has 0 aliphatic carbocycles. The lowest BCUT2D eigenvalue weighted by Gasteiger charge is -2.23. The van der Waals surface area contributed by atoms with Gasteiger partial charge in [0.15, 0.2) is 10.9 Å². The second kappa shape index (κ2) is 8.99. The summed E-state index contributed by atoms with van der Waals surface area (Å²) in [5.41, 5.74) is 4.53. The van der Waals surface area contributed by atoms with E-state index in [1.54, 1.807) is 13.0 Å². The number of hydrogen-bond donors (Lipinski definition) is 1. The van der Waals surface area contributed by atoms with Crippen molar-refractivity contribution in [2.24, 2.45) is 0 Å². The summed E-state index contributed by atoms with van der Waals surface area (Å²) in [5, 5.41) is 11.6. The lowest BCUT2D eigenvalue weighted by Crippen LogP contribution is -2.29. The topological polar surface area (TPSA) is 87.6 Å². The zero-order valence-electron chi connectivity index (χ0n) is 19.8. The Hall–Kier alpha value is -3.58. The van der Waals surface area contributed by atoms with Crippen LogP contribution in [0.25, 0.3) is 5.76 Å². The highest BCUT2D eigenvalue weighted by Gasteiger charge is 2.48. The van der Waals surface area contributed by atoms with Crippen molar-refractivity contribution < 1.29 is 19.5 Å². The Kier molecular flexibility index (Phi) is 6.23. The summed E-state index contributed by atoms with van der Waals surface area (Å²) in [6.45, 7) is 8.94. The molecule has 0 radical (unpaired) electrons. The molecule has 1 N–H and O–H groups in total. The van der Waals surface area contributed by atoms with Crippen LogP contribution in [0, 0.1) is 20.8 Å². The number of anilines is 1. The highest BCUT2D eigenvalue weighted by molar-refractivity contribution is 7.18. The van der Waals surface area contributed by atoms with Crippen LogP contribution in [0.1, 0.15) is 63.1 Å². The molecule has 1 unspecified atom stereocenters. The van der Waals surface area contributed by atoms with Crippen molar-refractivity contribution in [1.82, 2.24) is 4.98 Å². The molecule has 174 valence electrons. The third-order valence-electron chi connectivity index (χ3n) is 6.11. The number of Topliss-reactive ketones (excluding diaryl/α,β-unsaturated/α-hetero) is 2. The zero-order valence-corrected chi connectivity index (χ0v) is 20.6. The maximum atomic E-state index is 13.3. The summed E-state index contributed by atoms with van der Waals surface area (Å²) in [6, 6.07) is 12.4. The van der Waals surface area contributed by atoms with Crippen LogP contribution in [0.4, 0.5) is 5.13 Å². The quantitative estimate of drug-likeness (QED) is 0.230. The lowest BCUT2D eigenvalue weighted by atomic mass is 9.93. The maximum Gasteiger partial charge on any atom is 0.301 e. The van der Waals surface area contributed by atoms with E-state index in [4.69, 9.17) is 0 Å². The first-order chi connectivity index (χ1) is 16.1. The molecule has 1 atom stereocenters. The molecule has 1 aromatic heterocycles. The second-order valence-corrected chi connectivity index (χ2v) is 9.53. The van der Waals surface area contributed by atoms with Gasteiger partial charge in [0.25, 0.3) is 5.78 Å². The molecule has 1 aliphatic rings. The Morgan fingerprint density at radius 2 is 1.76 bits per heavy atom. The number of aryl methyl sites for hydroxylation is 4. The van der Waals surface area contributed by atoms with Crippen molar-refractivity contribution in [2.75, 3.05) is 4.90 Å². The van der Waals surface area contributed by atoms with Crippen LogP contribution >= 0.6 is 11.3 Å². The van der Waals surface area contributed by atoms with Gasteiger partial charge in [0.05, 0.1) is 22.2 Å². The summed E-state index contributed by atoms with van der Waals surface area (Å²) in [6.07, 6.45) is 0.844. The molecule has 0 saturated carbocycles. The number of ketones is 2. The second-order valence-electron chi connectivity index (χ2n) is 8.55. The van der Waals surface area contributed by atoms with E-state index in [0.717, 1.165) is 34.4 Å². The van der Waals surface area contributed by atoms with E-state index in [0.29, 0.717) is 21.7 Å². The SMILES string of the molecule is CCc1ccc(C2/C(=C(\O)c3cc(C)ccc3C)C(=O)C(=O)N2c2nc(C)c(C(C)=O)s2)cc1. The van der Waals surface area contributed by atoms with E-state index in [1.165, 1.54) is 11.8 Å². The fourth-order valence-electron chi connectivity index (χ4n) is 4.23. The fourth-order valence-corrected chi connectivity index (χ4v) is 5.22. The van der Waals surface area contributed by atoms with E-state index >= 15 is 0 Å². The number of amides is 1. The summed E-state index contributed by atoms with van der Waals surface area (Å²) in [7, 11) is 0. The number of benzene rings is 2. The van der Waals surface area contributed by atoms with Crippen molar-refractivity contribution in [2.45, 2.75) is 47.1 Å². The van der Waals surface area contributed by atoms with Gasteiger partial charge in [0, 0.05) is 12.5 Å². The van der Waals surface area contributed by atoms with Gasteiger partial charge in [-0.15, -0.1) is 0 Å². The molecule has 2 aromatic carbocycles. The van der Waals surface area contributed by atoms with Crippen LogP contribution in [0.3, 0.4) is 0 Å². The Morgan fingerprint density at radius 3 is 2.35 bits per heavy atom. The van der Waals surface area contributed by atoms with E-state index in [9.17, 15) is 19.5 Å². The number of aromatic nitrogens is 1. The van der Waals surface area contributed by atoms with Gasteiger partial charge in [-0.2, -0.15) is 0 Å². The summed E-state index contributed by atoms with van der Waals surface area (Å²) in [4.78, 5) is 44.9. The van der Waals surface area contributed by atoms with Crippen LogP contribution in [0.5, 0.6) is 0 Å². The number of carbonyl (C=O) groups is 3. The molecule has 2 heterocycles. The van der Waals surface area contributed by atoms with Gasteiger partial charge in [-0.05, 0) is 49.9 Å². The van der Waals surface area contributed by atoms with Crippen molar-refractivity contribution in [3.05, 3.63) is 86.4 Å². The Balaban J connectivity index is 1.97. The van der Waals surface area contributed by atoms with Crippen molar-refractivity contribution in [3.63, 3.8) is 0 Å². The lowest BCUT2D eigenvalue weighted by molar-refractivity contribution is -0.132. The van der Waals surface area contributed by atoms with E-state index in [1.807, 2.05) is 57.2 Å². The van der Waals surface area contributed by atoms with Gasteiger partial charge in [0.1, 0.15) is 5.76 Å². The normalized spacial score (nSPS) is 17.4. The number of carbonyl (C=O) groups excluding carboxylic acids is 3. The van der Waals surface area contributed by atoms with Gasteiger partial charge in [-0.25, -0.2) is 4.98 Å². The third-order valence-corrected chi connectivity index (χ3v) is 7.37. The standard InChI is InChI=1S/C27H26N2O4S/c1-6-18-9-11-19(12-10-18)22-21(23(31)20-13-14(2)7-8-15(20)3)24(32)26(33)29(22)27-28-16(4)25(34-27)17(5)30/h7-13,22,31H,6H2,1-5H3/b23-21+. The highest BCUT2D eigenvalue weighted by Crippen LogP contribution is 2.44. The van der Waals surface area contributed by atoms with Crippen LogP contribution in [0.15, 0.2) is 48.0 Å². The molecule has 4 rings (SSSR count). The minimum Gasteiger partial charge on any atom is -0.507 e. The molecule has 1 amide bonds. The molecule has 1 saturated heterocycles. The summed E-state index contributed by atoms with van der Waals surface area (Å²) < 4.78 is 0. The average molecular weight is 475 g/mol. The number of thiazole rings is 1. The molecule has 34 heavy (non-hydrogen) atoms. The van der Waals surface area contributed by atoms with E-state index in [-0.39, 0.29) is 22.2 Å². The van der Waals surface area contributed by atoms with E-state index < -0.39 is 17.7 Å². The van der Waals surface area contributed by atoms with Gasteiger partial charge in [-0.1, -0.05) is 60.2 Å². The first kappa shape index (κ1) is 23.6. The van der Waals surface area contributed by atoms with Gasteiger partial charge in [-0.3, -0.25) is 19.3 Å². The molecule has 6 nitrogen and oxygen atoms in total. The molecular weight excluding hydrogens is 448 g/mol. The molecule has 0 spiro atoms. The molecule has 3 aromatic rings. The number of aliphatic hydroxyl groups excluding tert-OH is 1. The first-order valence-electron chi connectivity index (χ1n) is 11.1. The minimum atomic E-state index is -0.865. The Bertz CT molecular complexity index is 1350. The average Bonchev–Trinajstić information content (AvgIpc) is 3.32. The molecule has 7 heteroatoms. The monoisotopic (exact) mass is 474 g/mol. The summed E-state index contributed by atoms with van der Waals surface area (Å²) in [5.74, 6) is -1.93. The van der Waals surface area contributed by atoms with Crippen molar-refractivity contribution in [3.8, 4) is 0 Å². The highest BCUT2D eigenvalue weighted by atomic mass is 32.1. The number of aliphatic hydroxyl groups is 1. The number of hydrogen-bond acceptors (Lipinski definition) is 6. The van der Waals surface area contributed by atoms with Gasteiger partial charge in [0.2, 0.25) is 0 Å². The van der Waals surface area contributed by atoms with Crippen LogP contribution in [-0.2, 0) is 16.0 Å². The summed E-state index contributed by atoms with van der Waals surface area (Å²) >= 11 is 1.08. The molecule has 0 bridgehead atoms. The molecular formula is C27H26N2O4S. The van der Waals surface area contributed by atoms with Gasteiger partial charge >= 0.3 is 5.91 Å².